The number of carbonyl (C=O) groups is 2. The van der Waals surface area contributed by atoms with Crippen LogP contribution in [0.25, 0.3) is 5.65 Å². The second-order valence-electron chi connectivity index (χ2n) is 7.78. The monoisotopic (exact) mass is 478 g/mol. The molecule has 0 fully saturated rings. The molecule has 0 aliphatic heterocycles. The number of carbonyl (C=O) groups excluding carboxylic acids is 2. The van der Waals surface area contributed by atoms with Crippen LogP contribution < -0.4 is 10.6 Å². The van der Waals surface area contributed by atoms with Crippen LogP contribution in [-0.4, -0.2) is 27.2 Å². The molecule has 0 atom stereocenters. The summed E-state index contributed by atoms with van der Waals surface area (Å²) < 4.78 is 1.99. The summed E-state index contributed by atoms with van der Waals surface area (Å²) in [5, 5.41) is 6.08. The van der Waals surface area contributed by atoms with Crippen molar-refractivity contribution in [2.75, 3.05) is 5.32 Å². The first-order valence-electron chi connectivity index (χ1n) is 10.5. The second kappa shape index (κ2) is 10.1. The van der Waals surface area contributed by atoms with E-state index in [0.29, 0.717) is 21.8 Å². The van der Waals surface area contributed by atoms with E-state index < -0.39 is 0 Å². The van der Waals surface area contributed by atoms with Gasteiger partial charge in [0.15, 0.2) is 0 Å². The summed E-state index contributed by atoms with van der Waals surface area (Å²) in [6, 6.07) is 18.0. The number of nitrogens with one attached hydrogen (secondary N) is 2. The van der Waals surface area contributed by atoms with Gasteiger partial charge < -0.3 is 15.0 Å². The highest BCUT2D eigenvalue weighted by molar-refractivity contribution is 7.98. The molecule has 4 aromatic rings. The molecule has 6 nitrogen and oxygen atoms in total. The van der Waals surface area contributed by atoms with Crippen LogP contribution in [-0.2, 0) is 5.75 Å². The quantitative estimate of drug-likeness (QED) is 0.335. The number of pyridine rings is 1. The van der Waals surface area contributed by atoms with Crippen LogP contribution in [0.5, 0.6) is 0 Å². The van der Waals surface area contributed by atoms with Crippen molar-refractivity contribution >= 4 is 46.5 Å². The van der Waals surface area contributed by atoms with Gasteiger partial charge in [-0.15, -0.1) is 11.8 Å². The first kappa shape index (κ1) is 22.9. The zero-order chi connectivity index (χ0) is 23.4. The predicted octanol–water partition coefficient (Wildman–Crippen LogP) is 5.67. The minimum Gasteiger partial charge on any atom is -0.350 e. The Labute approximate surface area is 201 Å². The maximum Gasteiger partial charge on any atom is 0.255 e. The van der Waals surface area contributed by atoms with E-state index in [-0.39, 0.29) is 17.9 Å². The number of halogens is 1. The molecule has 0 aliphatic carbocycles. The third-order valence-electron chi connectivity index (χ3n) is 4.81. The number of amides is 2. The van der Waals surface area contributed by atoms with Gasteiger partial charge in [-0.05, 0) is 68.4 Å². The van der Waals surface area contributed by atoms with Crippen molar-refractivity contribution in [3.63, 3.8) is 0 Å². The second-order valence-corrected chi connectivity index (χ2v) is 9.27. The fourth-order valence-corrected chi connectivity index (χ4v) is 4.22. The Balaban J connectivity index is 1.42. The van der Waals surface area contributed by atoms with Gasteiger partial charge in [-0.3, -0.25) is 9.59 Å². The minimum atomic E-state index is -0.312. The number of benzene rings is 2. The van der Waals surface area contributed by atoms with E-state index in [2.05, 4.69) is 15.6 Å². The molecular weight excluding hydrogens is 456 g/mol. The van der Waals surface area contributed by atoms with Crippen molar-refractivity contribution < 1.29 is 9.59 Å². The largest absolute Gasteiger partial charge is 0.350 e. The van der Waals surface area contributed by atoms with Crippen molar-refractivity contribution in [2.24, 2.45) is 0 Å². The maximum atomic E-state index is 12.8. The fraction of sp³-hybridized carbons (Fsp3) is 0.160. The van der Waals surface area contributed by atoms with Gasteiger partial charge in [0.2, 0.25) is 0 Å². The molecule has 2 aromatic heterocycles. The molecule has 2 N–H and O–H groups in total. The highest BCUT2D eigenvalue weighted by Gasteiger charge is 2.16. The summed E-state index contributed by atoms with van der Waals surface area (Å²) in [7, 11) is 0. The average molecular weight is 479 g/mol. The predicted molar refractivity (Wildman–Crippen MR) is 133 cm³/mol. The number of nitrogens with zero attached hydrogens (tertiary/aromatic N) is 2. The van der Waals surface area contributed by atoms with E-state index in [1.165, 1.54) is 0 Å². The number of anilines is 1. The van der Waals surface area contributed by atoms with Crippen molar-refractivity contribution in [3.8, 4) is 0 Å². The lowest BCUT2D eigenvalue weighted by Crippen LogP contribution is -2.31. The van der Waals surface area contributed by atoms with Gasteiger partial charge in [-0.25, -0.2) is 4.98 Å². The van der Waals surface area contributed by atoms with Gasteiger partial charge in [-0.1, -0.05) is 17.7 Å². The number of hydrogen-bond donors (Lipinski definition) is 2. The lowest BCUT2D eigenvalue weighted by atomic mass is 10.1. The number of rotatable bonds is 7. The van der Waals surface area contributed by atoms with Gasteiger partial charge in [0.1, 0.15) is 5.65 Å². The standard InChI is InChI=1S/C25H23ClN4O2S/c1-16(2)27-25(32)21-11-8-18(26)13-22(21)29-24(31)17-6-9-20(10-7-17)33-15-19-14-30-12-4-3-5-23(30)28-19/h3-14,16H,15H2,1-2H3,(H,27,32)(H,29,31). The van der Waals surface area contributed by atoms with Gasteiger partial charge in [0.05, 0.1) is 16.9 Å². The van der Waals surface area contributed by atoms with Crippen molar-refractivity contribution in [1.82, 2.24) is 14.7 Å². The van der Waals surface area contributed by atoms with Gasteiger partial charge in [0.25, 0.3) is 11.8 Å². The smallest absolute Gasteiger partial charge is 0.255 e. The third kappa shape index (κ3) is 5.74. The molecule has 168 valence electrons. The first-order chi connectivity index (χ1) is 15.9. The maximum absolute atomic E-state index is 12.8. The highest BCUT2D eigenvalue weighted by Crippen LogP contribution is 2.25. The number of aromatic nitrogens is 2. The summed E-state index contributed by atoms with van der Waals surface area (Å²) in [6.45, 7) is 3.75. The minimum absolute atomic E-state index is 0.0256. The molecule has 0 saturated carbocycles. The summed E-state index contributed by atoms with van der Waals surface area (Å²) >= 11 is 7.75. The number of fused-ring (bicyclic) bond motifs is 1. The molecule has 4 rings (SSSR count). The number of imidazole rings is 1. The van der Waals surface area contributed by atoms with Crippen LogP contribution in [0.4, 0.5) is 5.69 Å². The third-order valence-corrected chi connectivity index (χ3v) is 6.09. The van der Waals surface area contributed by atoms with E-state index in [9.17, 15) is 9.59 Å². The summed E-state index contributed by atoms with van der Waals surface area (Å²) in [5.74, 6) is 0.146. The molecule has 2 heterocycles. The first-order valence-corrected chi connectivity index (χ1v) is 11.8. The Morgan fingerprint density at radius 2 is 1.85 bits per heavy atom. The molecular formula is C25H23ClN4O2S. The summed E-state index contributed by atoms with van der Waals surface area (Å²) in [4.78, 5) is 30.9. The average Bonchev–Trinajstić information content (AvgIpc) is 3.20. The number of hydrogen-bond acceptors (Lipinski definition) is 4. The van der Waals surface area contributed by atoms with E-state index >= 15 is 0 Å². The Kier molecular flexibility index (Phi) is 7.01. The van der Waals surface area contributed by atoms with Crippen molar-refractivity contribution in [1.29, 1.82) is 0 Å². The van der Waals surface area contributed by atoms with Gasteiger partial charge >= 0.3 is 0 Å². The lowest BCUT2D eigenvalue weighted by Gasteiger charge is -2.14. The Bertz CT molecular complexity index is 1270. The Morgan fingerprint density at radius 3 is 2.58 bits per heavy atom. The van der Waals surface area contributed by atoms with Crippen molar-refractivity contribution in [3.05, 3.63) is 94.9 Å². The highest BCUT2D eigenvalue weighted by atomic mass is 35.5. The van der Waals surface area contributed by atoms with Crippen LogP contribution >= 0.6 is 23.4 Å². The molecule has 8 heteroatoms. The van der Waals surface area contributed by atoms with Crippen molar-refractivity contribution in [2.45, 2.75) is 30.5 Å². The molecule has 0 saturated heterocycles. The van der Waals surface area contributed by atoms with Crippen LogP contribution in [0.2, 0.25) is 5.02 Å². The Morgan fingerprint density at radius 1 is 1.06 bits per heavy atom. The number of thioether (sulfide) groups is 1. The zero-order valence-corrected chi connectivity index (χ0v) is 19.8. The van der Waals surface area contributed by atoms with E-state index in [1.807, 2.05) is 61.0 Å². The molecule has 2 aromatic carbocycles. The SMILES string of the molecule is CC(C)NC(=O)c1ccc(Cl)cc1NC(=O)c1ccc(SCc2cn3ccccc3n2)cc1. The van der Waals surface area contributed by atoms with E-state index in [1.54, 1.807) is 42.1 Å². The van der Waals surface area contributed by atoms with Crippen LogP contribution in [0.3, 0.4) is 0 Å². The molecule has 0 unspecified atom stereocenters. The van der Waals surface area contributed by atoms with Crippen LogP contribution in [0.1, 0.15) is 40.3 Å². The van der Waals surface area contributed by atoms with E-state index in [0.717, 1.165) is 22.0 Å². The summed E-state index contributed by atoms with van der Waals surface area (Å²) in [6.07, 6.45) is 3.99. The van der Waals surface area contributed by atoms with Crippen LogP contribution in [0.15, 0.2) is 78.0 Å². The molecule has 33 heavy (non-hydrogen) atoms. The van der Waals surface area contributed by atoms with Gasteiger partial charge in [0, 0.05) is 39.7 Å². The fourth-order valence-electron chi connectivity index (χ4n) is 3.27. The lowest BCUT2D eigenvalue weighted by molar-refractivity contribution is 0.0944. The zero-order valence-electron chi connectivity index (χ0n) is 18.2. The molecule has 0 radical (unpaired) electrons. The molecule has 0 spiro atoms. The normalized spacial score (nSPS) is 11.0. The molecule has 0 aliphatic rings. The van der Waals surface area contributed by atoms with Gasteiger partial charge in [-0.2, -0.15) is 0 Å². The van der Waals surface area contributed by atoms with E-state index in [4.69, 9.17) is 11.6 Å². The van der Waals surface area contributed by atoms with Crippen LogP contribution in [0, 0.1) is 0 Å². The Hall–Kier alpha value is -3.29. The molecule has 0 bridgehead atoms. The molecule has 2 amide bonds. The summed E-state index contributed by atoms with van der Waals surface area (Å²) in [5.41, 5.74) is 3.13. The topological polar surface area (TPSA) is 75.5 Å².